The summed E-state index contributed by atoms with van der Waals surface area (Å²) in [6.07, 6.45) is -0.985. The van der Waals surface area contributed by atoms with E-state index >= 15 is 0 Å². The zero-order valence-corrected chi connectivity index (χ0v) is 16.4. The standard InChI is InChI=1S/C15H21F3N2O2.C4H4O4/c1-21-10-3-2-4-14(20-22-11-9-19)12-5-7-13(8-6-12)15(16,17)18;5-3(6)1-2-4(7)8/h5-8H,2-4,9-11,19H2,1H3;1-2H,(H,5,6)(H,7,8)/b20-14-;2-1+. The van der Waals surface area contributed by atoms with Gasteiger partial charge in [0, 0.05) is 32.4 Å². The van der Waals surface area contributed by atoms with Crippen LogP contribution in [0.2, 0.25) is 0 Å². The molecule has 1 rings (SSSR count). The number of unbranched alkanes of at least 4 members (excludes halogenated alkanes) is 1. The second-order valence-electron chi connectivity index (χ2n) is 5.69. The van der Waals surface area contributed by atoms with Gasteiger partial charge in [0.25, 0.3) is 0 Å². The summed E-state index contributed by atoms with van der Waals surface area (Å²) in [6.45, 7) is 1.22. The molecule has 0 heterocycles. The Labute approximate surface area is 171 Å². The monoisotopic (exact) mass is 434 g/mol. The highest BCUT2D eigenvalue weighted by atomic mass is 19.4. The molecule has 1 aromatic rings. The summed E-state index contributed by atoms with van der Waals surface area (Å²) in [7, 11) is 1.62. The number of carbonyl (C=O) groups is 2. The SMILES string of the molecule is COCCCC/C(=N/OCCN)c1ccc(C(F)(F)F)cc1.O=C(O)/C=C/C(=O)O. The first-order chi connectivity index (χ1) is 14.1. The normalized spacial score (nSPS) is 11.7. The number of oxime groups is 1. The number of hydrogen-bond donors (Lipinski definition) is 3. The average molecular weight is 434 g/mol. The van der Waals surface area contributed by atoms with Gasteiger partial charge in [0.05, 0.1) is 11.3 Å². The number of hydrogen-bond acceptors (Lipinski definition) is 6. The molecule has 0 aliphatic carbocycles. The first kappa shape index (κ1) is 27.1. The van der Waals surface area contributed by atoms with Gasteiger partial charge in [0.15, 0.2) is 0 Å². The fourth-order valence-corrected chi connectivity index (χ4v) is 1.95. The molecular formula is C19H25F3N2O6. The molecule has 0 radical (unpaired) electrons. The van der Waals surface area contributed by atoms with E-state index in [-0.39, 0.29) is 6.61 Å². The number of alkyl halides is 3. The van der Waals surface area contributed by atoms with Crippen LogP contribution in [0.3, 0.4) is 0 Å². The summed E-state index contributed by atoms with van der Waals surface area (Å²) in [5, 5.41) is 19.6. The fourth-order valence-electron chi connectivity index (χ4n) is 1.95. The van der Waals surface area contributed by atoms with E-state index in [0.29, 0.717) is 43.0 Å². The van der Waals surface area contributed by atoms with E-state index in [0.717, 1.165) is 25.0 Å². The van der Waals surface area contributed by atoms with Crippen LogP contribution in [0, 0.1) is 0 Å². The number of benzene rings is 1. The quantitative estimate of drug-likeness (QED) is 0.211. The van der Waals surface area contributed by atoms with Gasteiger partial charge in [0.1, 0.15) is 6.61 Å². The molecule has 0 bridgehead atoms. The Morgan fingerprint density at radius 3 is 2.07 bits per heavy atom. The molecule has 0 aromatic heterocycles. The molecule has 0 aliphatic rings. The third kappa shape index (κ3) is 13.3. The fraction of sp³-hybridized carbons (Fsp3) is 0.421. The molecular weight excluding hydrogens is 409 g/mol. The zero-order valence-electron chi connectivity index (χ0n) is 16.4. The molecule has 0 aliphatic heterocycles. The average Bonchev–Trinajstić information content (AvgIpc) is 2.68. The van der Waals surface area contributed by atoms with Crippen molar-refractivity contribution in [3.8, 4) is 0 Å². The summed E-state index contributed by atoms with van der Waals surface area (Å²) in [5.41, 5.74) is 5.87. The Balaban J connectivity index is 0.000000890. The lowest BCUT2D eigenvalue weighted by atomic mass is 10.0. The van der Waals surface area contributed by atoms with Crippen LogP contribution in [-0.2, 0) is 25.3 Å². The van der Waals surface area contributed by atoms with Crippen molar-refractivity contribution in [2.45, 2.75) is 25.4 Å². The van der Waals surface area contributed by atoms with Gasteiger partial charge >= 0.3 is 18.1 Å². The van der Waals surface area contributed by atoms with Gasteiger partial charge in [-0.25, -0.2) is 9.59 Å². The lowest BCUT2D eigenvalue weighted by Gasteiger charge is -2.10. The van der Waals surface area contributed by atoms with Crippen molar-refractivity contribution in [3.05, 3.63) is 47.5 Å². The molecule has 1 aromatic carbocycles. The van der Waals surface area contributed by atoms with Crippen LogP contribution < -0.4 is 5.73 Å². The number of ether oxygens (including phenoxy) is 1. The van der Waals surface area contributed by atoms with Crippen molar-refractivity contribution in [2.24, 2.45) is 10.9 Å². The van der Waals surface area contributed by atoms with Crippen molar-refractivity contribution in [1.29, 1.82) is 0 Å². The molecule has 8 nitrogen and oxygen atoms in total. The summed E-state index contributed by atoms with van der Waals surface area (Å²) in [6, 6.07) is 4.90. The number of nitrogens with zero attached hydrogens (tertiary/aromatic N) is 1. The highest BCUT2D eigenvalue weighted by Crippen LogP contribution is 2.29. The molecule has 0 spiro atoms. The van der Waals surface area contributed by atoms with E-state index < -0.39 is 23.7 Å². The first-order valence-corrected chi connectivity index (χ1v) is 8.81. The van der Waals surface area contributed by atoms with E-state index in [1.54, 1.807) is 7.11 Å². The number of carboxylic acids is 2. The minimum atomic E-state index is -4.34. The summed E-state index contributed by atoms with van der Waals surface area (Å²) >= 11 is 0. The predicted octanol–water partition coefficient (Wildman–Crippen LogP) is 2.91. The third-order valence-corrected chi connectivity index (χ3v) is 3.31. The van der Waals surface area contributed by atoms with Gasteiger partial charge < -0.3 is 25.5 Å². The van der Waals surface area contributed by atoms with Crippen molar-refractivity contribution in [1.82, 2.24) is 0 Å². The number of halogens is 3. The maximum atomic E-state index is 12.6. The lowest BCUT2D eigenvalue weighted by Crippen LogP contribution is -2.09. The number of nitrogens with two attached hydrogens (primary N) is 1. The topological polar surface area (TPSA) is 131 Å². The number of methoxy groups -OCH3 is 1. The van der Waals surface area contributed by atoms with E-state index in [1.165, 1.54) is 12.1 Å². The molecule has 0 saturated carbocycles. The van der Waals surface area contributed by atoms with Crippen molar-refractivity contribution < 1.29 is 42.5 Å². The maximum Gasteiger partial charge on any atom is 0.416 e. The van der Waals surface area contributed by atoms with Crippen molar-refractivity contribution in [3.63, 3.8) is 0 Å². The van der Waals surface area contributed by atoms with Crippen LogP contribution in [-0.4, -0.2) is 54.7 Å². The Hall–Kier alpha value is -2.92. The van der Waals surface area contributed by atoms with Crippen LogP contribution in [0.15, 0.2) is 41.6 Å². The Bertz CT molecular complexity index is 687. The highest BCUT2D eigenvalue weighted by Gasteiger charge is 2.30. The minimum absolute atomic E-state index is 0.266. The highest BCUT2D eigenvalue weighted by molar-refractivity contribution is 6.00. The van der Waals surface area contributed by atoms with E-state index in [9.17, 15) is 22.8 Å². The van der Waals surface area contributed by atoms with Crippen LogP contribution in [0.5, 0.6) is 0 Å². The van der Waals surface area contributed by atoms with Gasteiger partial charge in [-0.3, -0.25) is 0 Å². The molecule has 0 saturated heterocycles. The Morgan fingerprint density at radius 2 is 1.63 bits per heavy atom. The molecule has 168 valence electrons. The van der Waals surface area contributed by atoms with Crippen molar-refractivity contribution >= 4 is 17.7 Å². The first-order valence-electron chi connectivity index (χ1n) is 8.81. The molecule has 11 heteroatoms. The maximum absolute atomic E-state index is 12.6. The van der Waals surface area contributed by atoms with Crippen LogP contribution >= 0.6 is 0 Å². The molecule has 0 fully saturated rings. The van der Waals surface area contributed by atoms with Crippen LogP contribution in [0.25, 0.3) is 0 Å². The summed E-state index contributed by atoms with van der Waals surface area (Å²) < 4.78 is 42.7. The Kier molecular flexibility index (Phi) is 13.5. The predicted molar refractivity (Wildman–Crippen MR) is 103 cm³/mol. The van der Waals surface area contributed by atoms with Gasteiger partial charge in [-0.2, -0.15) is 13.2 Å². The van der Waals surface area contributed by atoms with Crippen molar-refractivity contribution in [2.75, 3.05) is 26.9 Å². The molecule has 0 amide bonds. The second kappa shape index (κ2) is 15.0. The smallest absolute Gasteiger partial charge is 0.416 e. The number of carboxylic acid groups (broad SMARTS) is 2. The zero-order chi connectivity index (χ0) is 23.0. The van der Waals surface area contributed by atoms with Gasteiger partial charge in [-0.05, 0) is 37.0 Å². The van der Waals surface area contributed by atoms with E-state index in [4.69, 9.17) is 25.5 Å². The lowest BCUT2D eigenvalue weighted by molar-refractivity contribution is -0.137. The van der Waals surface area contributed by atoms with Gasteiger partial charge in [0.2, 0.25) is 0 Å². The molecule has 4 N–H and O–H groups in total. The largest absolute Gasteiger partial charge is 0.478 e. The van der Waals surface area contributed by atoms with Gasteiger partial charge in [-0.1, -0.05) is 17.3 Å². The third-order valence-electron chi connectivity index (χ3n) is 3.31. The van der Waals surface area contributed by atoms with Gasteiger partial charge in [-0.15, -0.1) is 0 Å². The second-order valence-corrected chi connectivity index (χ2v) is 5.69. The summed E-state index contributed by atoms with van der Waals surface area (Å²) in [4.78, 5) is 24.2. The van der Waals surface area contributed by atoms with E-state index in [1.807, 2.05) is 0 Å². The molecule has 0 unspecified atom stereocenters. The van der Waals surface area contributed by atoms with Crippen LogP contribution in [0.4, 0.5) is 13.2 Å². The Morgan fingerprint density at radius 1 is 1.07 bits per heavy atom. The minimum Gasteiger partial charge on any atom is -0.478 e. The van der Waals surface area contributed by atoms with E-state index in [2.05, 4.69) is 5.16 Å². The van der Waals surface area contributed by atoms with Crippen LogP contribution in [0.1, 0.15) is 30.4 Å². The number of rotatable bonds is 11. The summed E-state index contributed by atoms with van der Waals surface area (Å²) in [5.74, 6) is -2.51. The molecule has 0 atom stereocenters. The number of aliphatic carboxylic acids is 2. The molecule has 30 heavy (non-hydrogen) atoms.